The second-order valence-electron chi connectivity index (χ2n) is 6.69. The van der Waals surface area contributed by atoms with Gasteiger partial charge in [0.05, 0.1) is 17.1 Å². The van der Waals surface area contributed by atoms with E-state index in [9.17, 15) is 39.5 Å². The van der Waals surface area contributed by atoms with Crippen LogP contribution in [0.15, 0.2) is 18.2 Å². The fourth-order valence-electron chi connectivity index (χ4n) is 3.02. The van der Waals surface area contributed by atoms with Crippen LogP contribution in [0.3, 0.4) is 0 Å². The minimum absolute atomic E-state index is 0.00130. The Morgan fingerprint density at radius 3 is 0.968 bits per heavy atom. The molecule has 0 bridgehead atoms. The minimum Gasteiger partial charge on any atom is -0.415 e. The van der Waals surface area contributed by atoms with E-state index in [0.29, 0.717) is 18.2 Å². The molecule has 0 amide bonds. The highest BCUT2D eigenvalue weighted by atomic mass is 19.4. The molecule has 0 atom stereocenters. The van der Waals surface area contributed by atoms with Crippen LogP contribution in [0.25, 0.3) is 0 Å². The third kappa shape index (κ3) is 4.28. The second-order valence-corrected chi connectivity index (χ2v) is 6.69. The van der Waals surface area contributed by atoms with Crippen LogP contribution >= 0.6 is 0 Å². The molecule has 31 heavy (non-hydrogen) atoms. The van der Waals surface area contributed by atoms with Crippen molar-refractivity contribution in [1.29, 1.82) is 0 Å². The number of hydrogen-bond donors (Lipinski definition) is 0. The molecule has 1 radical (unpaired) electrons. The summed E-state index contributed by atoms with van der Waals surface area (Å²) >= 11 is 0. The SMILES string of the molecule is Cc1cc(C(F)(F)F)n([B-](n2nc(C)cc2C(F)(F)F)n2nc(C)cc2C(F)(F)F)n1. The monoisotopic (exact) mass is 458 g/mol. The van der Waals surface area contributed by atoms with Crippen LogP contribution < -0.4 is 0 Å². The van der Waals surface area contributed by atoms with Crippen molar-refractivity contribution in [3.63, 3.8) is 0 Å². The van der Waals surface area contributed by atoms with Crippen LogP contribution in [0.5, 0.6) is 0 Å². The third-order valence-electron chi connectivity index (χ3n) is 4.10. The minimum atomic E-state index is -5.14. The van der Waals surface area contributed by atoms with E-state index in [-0.39, 0.29) is 30.9 Å². The Balaban J connectivity index is 2.43. The van der Waals surface area contributed by atoms with E-state index in [1.165, 1.54) is 0 Å². The summed E-state index contributed by atoms with van der Waals surface area (Å²) in [6.45, 7) is 3.34. The predicted molar refractivity (Wildman–Crippen MR) is 87.8 cm³/mol. The molecule has 169 valence electrons. The highest BCUT2D eigenvalue weighted by molar-refractivity contribution is 6.53. The van der Waals surface area contributed by atoms with Crippen LogP contribution in [0, 0.1) is 20.8 Å². The average Bonchev–Trinajstić information content (AvgIpc) is 3.24. The van der Waals surface area contributed by atoms with E-state index in [1.54, 1.807) is 0 Å². The zero-order chi connectivity index (χ0) is 23.5. The number of aryl methyl sites for hydroxylation is 3. The van der Waals surface area contributed by atoms with Crippen LogP contribution in [-0.2, 0) is 18.5 Å². The van der Waals surface area contributed by atoms with Crippen molar-refractivity contribution in [3.05, 3.63) is 52.4 Å². The van der Waals surface area contributed by atoms with Crippen LogP contribution in [0.2, 0.25) is 0 Å². The van der Waals surface area contributed by atoms with Gasteiger partial charge in [-0.15, -0.1) is 0 Å². The zero-order valence-corrected chi connectivity index (χ0v) is 15.9. The van der Waals surface area contributed by atoms with Crippen LogP contribution in [-0.4, -0.2) is 36.2 Å². The smallest absolute Gasteiger partial charge is 0.415 e. The lowest BCUT2D eigenvalue weighted by molar-refractivity contribution is -0.143. The normalized spacial score (nSPS) is 13.5. The highest BCUT2D eigenvalue weighted by Gasteiger charge is 2.41. The topological polar surface area (TPSA) is 53.5 Å². The standard InChI is InChI=1S/C15H12BF9N6/c1-7-4-10(13(17,18)19)29(26-7)16(30-11(14(20,21)22)5-8(2)27-30)31-12(15(23,24)25)6-9(3)28-31/h4-6H,1-3H3/q-1. The molecule has 16 heteroatoms. The Kier molecular flexibility index (Phi) is 5.17. The molecule has 6 nitrogen and oxygen atoms in total. The van der Waals surface area contributed by atoms with Crippen LogP contribution in [0.4, 0.5) is 39.5 Å². The lowest BCUT2D eigenvalue weighted by Crippen LogP contribution is -2.48. The first-order valence-electron chi connectivity index (χ1n) is 8.40. The largest absolute Gasteiger partial charge is 0.429 e. The molecule has 3 aromatic rings. The average molecular weight is 458 g/mol. The van der Waals surface area contributed by atoms with Gasteiger partial charge < -0.3 is 13.8 Å². The van der Waals surface area contributed by atoms with Crippen molar-refractivity contribution in [2.45, 2.75) is 39.3 Å². The molecule has 0 aliphatic carbocycles. The van der Waals surface area contributed by atoms with Gasteiger partial charge in [-0.3, -0.25) is 0 Å². The summed E-state index contributed by atoms with van der Waals surface area (Å²) in [6, 6.07) is 1.50. The van der Waals surface area contributed by atoms with Gasteiger partial charge in [0.25, 0.3) is 7.12 Å². The molecule has 0 aliphatic heterocycles. The predicted octanol–water partition coefficient (Wildman–Crippen LogP) is 4.19. The summed E-state index contributed by atoms with van der Waals surface area (Å²) in [7, 11) is -2.49. The Morgan fingerprint density at radius 1 is 0.548 bits per heavy atom. The quantitative estimate of drug-likeness (QED) is 0.437. The molecular formula is C15H12BF9N6-. The van der Waals surface area contributed by atoms with Crippen molar-refractivity contribution in [1.82, 2.24) is 29.1 Å². The Bertz CT molecular complexity index is 964. The Hall–Kier alpha value is -2.94. The first kappa shape index (κ1) is 22.7. The summed E-state index contributed by atoms with van der Waals surface area (Å²) in [4.78, 5) is 0. The molecule has 0 aromatic carbocycles. The number of alkyl halides is 9. The maximum absolute atomic E-state index is 13.6. The Morgan fingerprint density at radius 2 is 0.774 bits per heavy atom. The number of halogens is 9. The maximum Gasteiger partial charge on any atom is 0.429 e. The Labute approximate surface area is 168 Å². The van der Waals surface area contributed by atoms with Gasteiger partial charge in [0.2, 0.25) is 0 Å². The molecule has 0 N–H and O–H groups in total. The van der Waals surface area contributed by atoms with E-state index in [1.807, 2.05) is 0 Å². The summed E-state index contributed by atoms with van der Waals surface area (Å²) in [5.41, 5.74) is -5.57. The fourth-order valence-corrected chi connectivity index (χ4v) is 3.02. The van der Waals surface area contributed by atoms with Gasteiger partial charge >= 0.3 is 18.5 Å². The fraction of sp³-hybridized carbons (Fsp3) is 0.400. The molecule has 3 rings (SSSR count). The first-order valence-corrected chi connectivity index (χ1v) is 8.40. The maximum atomic E-state index is 13.6. The molecule has 0 spiro atoms. The molecule has 3 aromatic heterocycles. The van der Waals surface area contributed by atoms with Gasteiger partial charge in [-0.25, -0.2) is 15.3 Å². The molecule has 0 aliphatic rings. The van der Waals surface area contributed by atoms with E-state index < -0.39 is 42.7 Å². The van der Waals surface area contributed by atoms with Gasteiger partial charge in [-0.2, -0.15) is 39.5 Å². The van der Waals surface area contributed by atoms with Crippen molar-refractivity contribution in [3.8, 4) is 0 Å². The second kappa shape index (κ2) is 7.05. The van der Waals surface area contributed by atoms with Crippen molar-refractivity contribution in [2.75, 3.05) is 0 Å². The number of rotatable bonds is 3. The first-order chi connectivity index (χ1) is 14.0. The molecule has 3 heterocycles. The molecule has 0 saturated carbocycles. The number of aromatic nitrogens is 6. The van der Waals surface area contributed by atoms with E-state index in [2.05, 4.69) is 15.3 Å². The zero-order valence-electron chi connectivity index (χ0n) is 15.9. The lowest BCUT2D eigenvalue weighted by Gasteiger charge is -2.35. The summed E-state index contributed by atoms with van der Waals surface area (Å²) in [5.74, 6) is 0. The van der Waals surface area contributed by atoms with Gasteiger partial charge in [0.1, 0.15) is 17.1 Å². The molecule has 0 fully saturated rings. The summed E-state index contributed by atoms with van der Waals surface area (Å²) in [5, 5.41) is 10.6. The van der Waals surface area contributed by atoms with Gasteiger partial charge in [-0.1, -0.05) is 0 Å². The number of hydrogen-bond acceptors (Lipinski definition) is 3. The van der Waals surface area contributed by atoms with E-state index >= 15 is 0 Å². The van der Waals surface area contributed by atoms with Gasteiger partial charge in [0.15, 0.2) is 0 Å². The van der Waals surface area contributed by atoms with Crippen LogP contribution in [0.1, 0.15) is 34.2 Å². The highest BCUT2D eigenvalue weighted by Crippen LogP contribution is 2.35. The lowest BCUT2D eigenvalue weighted by atomic mass is 9.92. The summed E-state index contributed by atoms with van der Waals surface area (Å²) < 4.78 is 122. The van der Waals surface area contributed by atoms with E-state index in [4.69, 9.17) is 0 Å². The third-order valence-corrected chi connectivity index (χ3v) is 4.10. The van der Waals surface area contributed by atoms with Crippen molar-refractivity contribution < 1.29 is 39.5 Å². The van der Waals surface area contributed by atoms with Gasteiger partial charge in [-0.05, 0) is 39.0 Å². The number of nitrogens with zero attached hydrogens (tertiary/aromatic N) is 6. The summed E-state index contributed by atoms with van der Waals surface area (Å²) in [6.07, 6.45) is -15.4. The van der Waals surface area contributed by atoms with Crippen molar-refractivity contribution in [2.24, 2.45) is 0 Å². The molecular weight excluding hydrogens is 446 g/mol. The van der Waals surface area contributed by atoms with Crippen molar-refractivity contribution >= 4 is 7.12 Å². The van der Waals surface area contributed by atoms with E-state index in [0.717, 1.165) is 20.8 Å². The molecule has 0 saturated heterocycles. The molecule has 0 unspecified atom stereocenters. The van der Waals surface area contributed by atoms with Gasteiger partial charge in [0, 0.05) is 0 Å².